The molecule has 4 aromatic rings. The van der Waals surface area contributed by atoms with Crippen molar-refractivity contribution in [2.75, 3.05) is 0 Å². The summed E-state index contributed by atoms with van der Waals surface area (Å²) in [6, 6.07) is 14.0. The van der Waals surface area contributed by atoms with E-state index in [4.69, 9.17) is 4.42 Å². The number of nitro groups is 2. The van der Waals surface area contributed by atoms with Crippen LogP contribution in [0.4, 0.5) is 17.1 Å². The highest BCUT2D eigenvalue weighted by molar-refractivity contribution is 5.88. The number of nitrogens with zero attached hydrogens (tertiary/aromatic N) is 4. The lowest BCUT2D eigenvalue weighted by atomic mass is 10.1. The van der Waals surface area contributed by atoms with Gasteiger partial charge in [-0.2, -0.15) is 0 Å². The Morgan fingerprint density at radius 3 is 2.42 bits per heavy atom. The molecule has 0 N–H and O–H groups in total. The summed E-state index contributed by atoms with van der Waals surface area (Å²) in [4.78, 5) is 28.8. The molecule has 10 heteroatoms. The fourth-order valence-corrected chi connectivity index (χ4v) is 2.95. The van der Waals surface area contributed by atoms with E-state index in [1.807, 2.05) is 25.1 Å². The van der Waals surface area contributed by atoms with Gasteiger partial charge < -0.3 is 9.52 Å². The molecule has 1 aromatic heterocycles. The first-order valence-electron chi connectivity index (χ1n) is 8.97. The Bertz CT molecular complexity index is 1360. The van der Waals surface area contributed by atoms with E-state index < -0.39 is 27.0 Å². The Morgan fingerprint density at radius 2 is 1.74 bits per heavy atom. The second-order valence-corrected chi connectivity index (χ2v) is 6.69. The van der Waals surface area contributed by atoms with Gasteiger partial charge in [0.25, 0.3) is 11.4 Å². The van der Waals surface area contributed by atoms with Crippen LogP contribution >= 0.6 is 0 Å². The van der Waals surface area contributed by atoms with Crippen LogP contribution in [0.1, 0.15) is 11.1 Å². The van der Waals surface area contributed by atoms with Crippen LogP contribution in [0.2, 0.25) is 0 Å². The number of aromatic nitrogens is 1. The van der Waals surface area contributed by atoms with E-state index >= 15 is 0 Å². The monoisotopic (exact) mass is 417 g/mol. The van der Waals surface area contributed by atoms with Crippen molar-refractivity contribution in [2.45, 2.75) is 6.92 Å². The molecule has 0 aliphatic carbocycles. The van der Waals surface area contributed by atoms with Gasteiger partial charge in [-0.1, -0.05) is 6.07 Å². The largest absolute Gasteiger partial charge is 0.867 e. The van der Waals surface area contributed by atoms with Gasteiger partial charge in [0.15, 0.2) is 5.58 Å². The Hall–Kier alpha value is -4.60. The van der Waals surface area contributed by atoms with Crippen LogP contribution in [0.15, 0.2) is 64.0 Å². The molecule has 0 fully saturated rings. The molecule has 0 amide bonds. The average Bonchev–Trinajstić information content (AvgIpc) is 3.16. The third-order valence-electron chi connectivity index (χ3n) is 4.50. The summed E-state index contributed by atoms with van der Waals surface area (Å²) in [5.41, 5.74) is 1.92. The van der Waals surface area contributed by atoms with E-state index in [0.29, 0.717) is 28.8 Å². The minimum atomic E-state index is -0.955. The molecule has 3 aromatic carbocycles. The van der Waals surface area contributed by atoms with Gasteiger partial charge in [-0.25, -0.2) is 4.98 Å². The molecule has 0 aliphatic rings. The van der Waals surface area contributed by atoms with Gasteiger partial charge >= 0.3 is 0 Å². The Balaban J connectivity index is 1.63. The average molecular weight is 417 g/mol. The summed E-state index contributed by atoms with van der Waals surface area (Å²) < 4.78 is 5.77. The van der Waals surface area contributed by atoms with Crippen LogP contribution in [-0.4, -0.2) is 21.0 Å². The van der Waals surface area contributed by atoms with Gasteiger partial charge in [-0.05, 0) is 60.2 Å². The molecular formula is C21H13N4O6-. The predicted molar refractivity (Wildman–Crippen MR) is 111 cm³/mol. The molecule has 0 unspecified atom stereocenters. The quantitative estimate of drug-likeness (QED) is 0.265. The van der Waals surface area contributed by atoms with Crippen molar-refractivity contribution in [3.05, 3.63) is 86.0 Å². The van der Waals surface area contributed by atoms with Gasteiger partial charge in [0.1, 0.15) is 5.52 Å². The highest BCUT2D eigenvalue weighted by atomic mass is 16.6. The molecule has 0 saturated heterocycles. The third kappa shape index (κ3) is 3.94. The minimum Gasteiger partial charge on any atom is -0.867 e. The maximum absolute atomic E-state index is 12.2. The second-order valence-electron chi connectivity index (χ2n) is 6.69. The molecular weight excluding hydrogens is 404 g/mol. The summed E-state index contributed by atoms with van der Waals surface area (Å²) in [6.07, 6.45) is 1.07. The number of fused-ring (bicyclic) bond motifs is 1. The van der Waals surface area contributed by atoms with Crippen LogP contribution in [-0.2, 0) is 0 Å². The highest BCUT2D eigenvalue weighted by Gasteiger charge is 2.18. The number of rotatable bonds is 5. The molecule has 31 heavy (non-hydrogen) atoms. The second kappa shape index (κ2) is 7.67. The zero-order chi connectivity index (χ0) is 22.1. The number of oxazole rings is 1. The normalized spacial score (nSPS) is 11.3. The molecule has 0 aliphatic heterocycles. The molecule has 4 rings (SSSR count). The van der Waals surface area contributed by atoms with Crippen molar-refractivity contribution in [3.8, 4) is 17.2 Å². The van der Waals surface area contributed by atoms with Crippen LogP contribution in [0.5, 0.6) is 5.75 Å². The Kier molecular flexibility index (Phi) is 4.88. The van der Waals surface area contributed by atoms with E-state index in [1.54, 1.807) is 24.3 Å². The van der Waals surface area contributed by atoms with Crippen molar-refractivity contribution in [1.29, 1.82) is 0 Å². The van der Waals surface area contributed by atoms with Crippen molar-refractivity contribution in [2.24, 2.45) is 4.99 Å². The first-order valence-corrected chi connectivity index (χ1v) is 8.97. The number of hydrogen-bond donors (Lipinski definition) is 0. The zero-order valence-electron chi connectivity index (χ0n) is 16.0. The first kappa shape index (κ1) is 19.7. The van der Waals surface area contributed by atoms with E-state index in [-0.39, 0.29) is 5.56 Å². The van der Waals surface area contributed by atoms with Crippen molar-refractivity contribution < 1.29 is 19.4 Å². The van der Waals surface area contributed by atoms with Gasteiger partial charge in [-0.3, -0.25) is 25.2 Å². The van der Waals surface area contributed by atoms with Gasteiger partial charge in [-0.15, -0.1) is 0 Å². The maximum atomic E-state index is 12.2. The van der Waals surface area contributed by atoms with Crippen LogP contribution < -0.4 is 5.11 Å². The van der Waals surface area contributed by atoms with Gasteiger partial charge in [0, 0.05) is 17.8 Å². The molecule has 0 spiro atoms. The van der Waals surface area contributed by atoms with E-state index in [2.05, 4.69) is 9.98 Å². The topological polar surface area (TPSA) is 148 Å². The standard InChI is InChI=1S/C21H14N4O6/c1-12-2-7-17-19(8-12)31-21(23-17)13-3-5-15(6-4-13)22-11-14-9-16(24(27)28)10-18(20(14)26)25(29)30/h2-11,26H,1H3/p-1. The molecule has 1 heterocycles. The predicted octanol–water partition coefficient (Wildman–Crippen LogP) is 4.44. The Morgan fingerprint density at radius 1 is 1.00 bits per heavy atom. The SMILES string of the molecule is Cc1ccc2nc(-c3ccc(N=Cc4cc([N+](=O)[O-])cc([N+](=O)[O-])c4[O-])cc3)oc2c1. The summed E-state index contributed by atoms with van der Waals surface area (Å²) in [5, 5.41) is 34.2. The number of non-ortho nitro benzene ring substituents is 1. The van der Waals surface area contributed by atoms with Crippen molar-refractivity contribution in [1.82, 2.24) is 4.98 Å². The number of aliphatic imine (C=N–C) groups is 1. The van der Waals surface area contributed by atoms with Crippen LogP contribution in [0.25, 0.3) is 22.6 Å². The molecule has 0 atom stereocenters. The van der Waals surface area contributed by atoms with Crippen LogP contribution in [0, 0.1) is 27.2 Å². The van der Waals surface area contributed by atoms with Crippen molar-refractivity contribution in [3.63, 3.8) is 0 Å². The van der Waals surface area contributed by atoms with Crippen LogP contribution in [0.3, 0.4) is 0 Å². The van der Waals surface area contributed by atoms with E-state index in [0.717, 1.165) is 23.4 Å². The zero-order valence-corrected chi connectivity index (χ0v) is 16.0. The number of hydrogen-bond acceptors (Lipinski definition) is 8. The van der Waals surface area contributed by atoms with Gasteiger partial charge in [0.2, 0.25) is 5.89 Å². The van der Waals surface area contributed by atoms with E-state index in [1.165, 1.54) is 0 Å². The third-order valence-corrected chi connectivity index (χ3v) is 4.50. The van der Waals surface area contributed by atoms with Gasteiger partial charge in [0.05, 0.1) is 21.6 Å². The molecule has 0 radical (unpaired) electrons. The summed E-state index contributed by atoms with van der Waals surface area (Å²) in [5.74, 6) is -0.509. The molecule has 154 valence electrons. The lowest BCUT2D eigenvalue weighted by Gasteiger charge is -2.10. The van der Waals surface area contributed by atoms with E-state index in [9.17, 15) is 25.3 Å². The smallest absolute Gasteiger partial charge is 0.276 e. The molecule has 10 nitrogen and oxygen atoms in total. The highest BCUT2D eigenvalue weighted by Crippen LogP contribution is 2.32. The first-order chi connectivity index (χ1) is 14.8. The maximum Gasteiger partial charge on any atom is 0.276 e. The van der Waals surface area contributed by atoms with Crippen molar-refractivity contribution >= 4 is 34.4 Å². The summed E-state index contributed by atoms with van der Waals surface area (Å²) in [6.45, 7) is 1.96. The fraction of sp³-hybridized carbons (Fsp3) is 0.0476. The fourth-order valence-electron chi connectivity index (χ4n) is 2.95. The summed E-state index contributed by atoms with van der Waals surface area (Å²) in [7, 11) is 0. The Labute approximate surface area is 174 Å². The molecule has 0 bridgehead atoms. The lowest BCUT2D eigenvalue weighted by Crippen LogP contribution is -2.03. The number of aryl methyl sites for hydroxylation is 1. The summed E-state index contributed by atoms with van der Waals surface area (Å²) >= 11 is 0. The minimum absolute atomic E-state index is 0.251. The number of nitro benzene ring substituents is 2. The lowest BCUT2D eigenvalue weighted by molar-refractivity contribution is -0.403. The number of benzene rings is 3. The molecule has 0 saturated carbocycles.